The lowest BCUT2D eigenvalue weighted by molar-refractivity contribution is 0.628. The van der Waals surface area contributed by atoms with E-state index in [1.165, 1.54) is 12.1 Å². The minimum absolute atomic E-state index is 0.117. The summed E-state index contributed by atoms with van der Waals surface area (Å²) in [6, 6.07) is 6.10. The number of halogens is 2. The van der Waals surface area contributed by atoms with Gasteiger partial charge < -0.3 is 9.88 Å². The summed E-state index contributed by atoms with van der Waals surface area (Å²) < 4.78 is 15.1. The molecule has 2 heterocycles. The summed E-state index contributed by atoms with van der Waals surface area (Å²) in [7, 11) is 0. The number of imidazole rings is 1. The molecule has 0 bridgehead atoms. The van der Waals surface area contributed by atoms with E-state index in [9.17, 15) is 4.39 Å². The summed E-state index contributed by atoms with van der Waals surface area (Å²) in [6.07, 6.45) is 1.67. The first-order valence-electron chi connectivity index (χ1n) is 6.08. The molecular weight excluding hydrogens is 281 g/mol. The second kappa shape index (κ2) is 5.05. The monoisotopic (exact) mass is 291 g/mol. The molecule has 0 spiro atoms. The van der Waals surface area contributed by atoms with Crippen LogP contribution in [0.25, 0.3) is 11.2 Å². The van der Waals surface area contributed by atoms with Crippen molar-refractivity contribution in [1.29, 1.82) is 0 Å². The Morgan fingerprint density at radius 1 is 1.35 bits per heavy atom. The van der Waals surface area contributed by atoms with E-state index in [-0.39, 0.29) is 11.1 Å². The van der Waals surface area contributed by atoms with Crippen molar-refractivity contribution in [2.45, 2.75) is 13.5 Å². The molecular formula is C13H11ClFN5. The van der Waals surface area contributed by atoms with Crippen LogP contribution in [0, 0.1) is 5.82 Å². The average Bonchev–Trinajstić information content (AvgIpc) is 2.81. The predicted octanol–water partition coefficient (Wildman–Crippen LogP) is 3.38. The maximum Gasteiger partial charge on any atom is 0.226 e. The molecule has 5 nitrogen and oxygen atoms in total. The number of fused-ring (bicyclic) bond motifs is 1. The Labute approximate surface area is 119 Å². The average molecular weight is 292 g/mol. The summed E-state index contributed by atoms with van der Waals surface area (Å²) in [5.74, 6) is 0.128. The molecule has 102 valence electrons. The molecule has 1 aromatic carbocycles. The number of nitrogens with zero attached hydrogens (tertiary/aromatic N) is 4. The molecule has 0 unspecified atom stereocenters. The van der Waals surface area contributed by atoms with Crippen LogP contribution in [0.5, 0.6) is 0 Å². The van der Waals surface area contributed by atoms with Gasteiger partial charge in [0.1, 0.15) is 5.82 Å². The van der Waals surface area contributed by atoms with Crippen molar-refractivity contribution in [2.24, 2.45) is 0 Å². The van der Waals surface area contributed by atoms with E-state index in [1.54, 1.807) is 18.5 Å². The third-order valence-electron chi connectivity index (χ3n) is 2.86. The van der Waals surface area contributed by atoms with Gasteiger partial charge in [0, 0.05) is 12.2 Å². The molecule has 3 aromatic rings. The van der Waals surface area contributed by atoms with Crippen molar-refractivity contribution >= 4 is 34.3 Å². The number of rotatable bonds is 3. The van der Waals surface area contributed by atoms with E-state index in [4.69, 9.17) is 11.6 Å². The van der Waals surface area contributed by atoms with Gasteiger partial charge in [-0.05, 0) is 36.7 Å². The van der Waals surface area contributed by atoms with Crippen LogP contribution in [0.2, 0.25) is 5.28 Å². The van der Waals surface area contributed by atoms with Gasteiger partial charge in [-0.3, -0.25) is 0 Å². The molecule has 0 saturated heterocycles. The molecule has 0 amide bonds. The molecule has 7 heteroatoms. The fourth-order valence-corrected chi connectivity index (χ4v) is 2.10. The summed E-state index contributed by atoms with van der Waals surface area (Å²) in [5.41, 5.74) is 1.82. The molecule has 0 radical (unpaired) electrons. The lowest BCUT2D eigenvalue weighted by Gasteiger charge is -2.07. The van der Waals surface area contributed by atoms with Gasteiger partial charge in [0.05, 0.1) is 6.33 Å². The van der Waals surface area contributed by atoms with Crippen LogP contribution in [0.3, 0.4) is 0 Å². The summed E-state index contributed by atoms with van der Waals surface area (Å²) in [6.45, 7) is 2.71. The Hall–Kier alpha value is -2.21. The van der Waals surface area contributed by atoms with Gasteiger partial charge in [-0.15, -0.1) is 0 Å². The number of anilines is 2. The number of aryl methyl sites for hydroxylation is 1. The maximum absolute atomic E-state index is 13.2. The zero-order valence-corrected chi connectivity index (χ0v) is 11.4. The first kappa shape index (κ1) is 12.8. The number of nitrogens with one attached hydrogen (secondary N) is 1. The zero-order chi connectivity index (χ0) is 14.1. The molecule has 0 atom stereocenters. The Morgan fingerprint density at radius 3 is 2.95 bits per heavy atom. The van der Waals surface area contributed by atoms with Crippen LogP contribution in [0.1, 0.15) is 6.92 Å². The lowest BCUT2D eigenvalue weighted by Crippen LogP contribution is -1.99. The van der Waals surface area contributed by atoms with E-state index in [2.05, 4.69) is 20.3 Å². The van der Waals surface area contributed by atoms with Crippen molar-refractivity contribution in [3.8, 4) is 0 Å². The van der Waals surface area contributed by atoms with Gasteiger partial charge in [0.2, 0.25) is 5.28 Å². The quantitative estimate of drug-likeness (QED) is 0.752. The highest BCUT2D eigenvalue weighted by Gasteiger charge is 2.12. The minimum Gasteiger partial charge on any atom is -0.338 e. The Morgan fingerprint density at radius 2 is 2.20 bits per heavy atom. The second-order valence-corrected chi connectivity index (χ2v) is 4.52. The number of hydrogen-bond donors (Lipinski definition) is 1. The van der Waals surface area contributed by atoms with Crippen LogP contribution in [0.15, 0.2) is 30.6 Å². The molecule has 1 N–H and O–H groups in total. The highest BCUT2D eigenvalue weighted by molar-refractivity contribution is 6.28. The largest absolute Gasteiger partial charge is 0.338 e. The molecule has 3 rings (SSSR count). The van der Waals surface area contributed by atoms with Gasteiger partial charge in [-0.25, -0.2) is 9.37 Å². The molecule has 20 heavy (non-hydrogen) atoms. The van der Waals surface area contributed by atoms with E-state index in [0.29, 0.717) is 22.7 Å². The number of hydrogen-bond acceptors (Lipinski definition) is 4. The number of benzene rings is 1. The number of aromatic nitrogens is 4. The summed E-state index contributed by atoms with van der Waals surface area (Å²) >= 11 is 5.93. The molecule has 0 aliphatic rings. The molecule has 0 aliphatic carbocycles. The first-order valence-corrected chi connectivity index (χ1v) is 6.46. The van der Waals surface area contributed by atoms with Gasteiger partial charge in [0.15, 0.2) is 17.0 Å². The lowest BCUT2D eigenvalue weighted by atomic mass is 10.3. The second-order valence-electron chi connectivity index (χ2n) is 4.18. The standard InChI is InChI=1S/C13H11ClFN5/c1-2-20-7-16-10-11(18-13(14)19-12(10)20)17-9-5-3-4-8(15)6-9/h3-7H,2H2,1H3,(H,17,18,19). The minimum atomic E-state index is -0.328. The van der Waals surface area contributed by atoms with E-state index < -0.39 is 0 Å². The van der Waals surface area contributed by atoms with Gasteiger partial charge in [-0.1, -0.05) is 6.07 Å². The van der Waals surface area contributed by atoms with Crippen LogP contribution in [-0.4, -0.2) is 19.5 Å². The molecule has 0 fully saturated rings. The van der Waals surface area contributed by atoms with Crippen molar-refractivity contribution < 1.29 is 4.39 Å². The molecule has 0 aliphatic heterocycles. The van der Waals surface area contributed by atoms with Crippen LogP contribution >= 0.6 is 11.6 Å². The fourth-order valence-electron chi connectivity index (χ4n) is 1.94. The topological polar surface area (TPSA) is 55.6 Å². The third-order valence-corrected chi connectivity index (χ3v) is 3.03. The van der Waals surface area contributed by atoms with E-state index in [0.717, 1.165) is 6.54 Å². The SMILES string of the molecule is CCn1cnc2c(Nc3cccc(F)c3)nc(Cl)nc21. The van der Waals surface area contributed by atoms with Gasteiger partial charge >= 0.3 is 0 Å². The van der Waals surface area contributed by atoms with E-state index >= 15 is 0 Å². The summed E-state index contributed by atoms with van der Waals surface area (Å²) in [5, 5.41) is 3.13. The normalized spacial score (nSPS) is 10.9. The summed E-state index contributed by atoms with van der Waals surface area (Å²) in [4.78, 5) is 12.6. The Kier molecular flexibility index (Phi) is 3.23. The van der Waals surface area contributed by atoms with Crippen LogP contribution in [-0.2, 0) is 6.54 Å². The van der Waals surface area contributed by atoms with Gasteiger partial charge in [0.25, 0.3) is 0 Å². The predicted molar refractivity (Wildman–Crippen MR) is 75.7 cm³/mol. The van der Waals surface area contributed by atoms with Gasteiger partial charge in [-0.2, -0.15) is 9.97 Å². The third kappa shape index (κ3) is 2.30. The Balaban J connectivity index is 2.09. The van der Waals surface area contributed by atoms with E-state index in [1.807, 2.05) is 11.5 Å². The Bertz CT molecular complexity index is 771. The van der Waals surface area contributed by atoms with Crippen molar-refractivity contribution in [3.05, 3.63) is 41.7 Å². The van der Waals surface area contributed by atoms with Crippen LogP contribution < -0.4 is 5.32 Å². The maximum atomic E-state index is 13.2. The van der Waals surface area contributed by atoms with Crippen molar-refractivity contribution in [2.75, 3.05) is 5.32 Å². The van der Waals surface area contributed by atoms with Crippen LogP contribution in [0.4, 0.5) is 15.9 Å². The zero-order valence-electron chi connectivity index (χ0n) is 10.6. The first-order chi connectivity index (χ1) is 9.67. The van der Waals surface area contributed by atoms with Crippen molar-refractivity contribution in [3.63, 3.8) is 0 Å². The molecule has 2 aromatic heterocycles. The fraction of sp³-hybridized carbons (Fsp3) is 0.154. The molecule has 0 saturated carbocycles. The smallest absolute Gasteiger partial charge is 0.226 e. The highest BCUT2D eigenvalue weighted by atomic mass is 35.5. The van der Waals surface area contributed by atoms with Crippen molar-refractivity contribution in [1.82, 2.24) is 19.5 Å². The highest BCUT2D eigenvalue weighted by Crippen LogP contribution is 2.24.